The molecule has 1 amide bonds. The number of nitrogens with two attached hydrogens (primary N) is 1. The van der Waals surface area contributed by atoms with Crippen LogP contribution in [0.2, 0.25) is 0 Å². The van der Waals surface area contributed by atoms with E-state index in [1.54, 1.807) is 0 Å². The third-order valence-corrected chi connectivity index (χ3v) is 3.72. The molecule has 0 radical (unpaired) electrons. The molecule has 3 N–H and O–H groups in total. The summed E-state index contributed by atoms with van der Waals surface area (Å²) in [6, 6.07) is 5.54. The number of ether oxygens (including phenoxy) is 2. The van der Waals surface area contributed by atoms with E-state index in [4.69, 9.17) is 15.2 Å². The highest BCUT2D eigenvalue weighted by atomic mass is 16.6. The third-order valence-electron chi connectivity index (χ3n) is 3.72. The van der Waals surface area contributed by atoms with Crippen molar-refractivity contribution in [3.8, 4) is 11.5 Å². The van der Waals surface area contributed by atoms with Crippen LogP contribution >= 0.6 is 0 Å². The van der Waals surface area contributed by atoms with Gasteiger partial charge in [-0.1, -0.05) is 19.9 Å². The van der Waals surface area contributed by atoms with E-state index >= 15 is 0 Å². The van der Waals surface area contributed by atoms with Crippen LogP contribution < -0.4 is 20.5 Å². The first-order valence-corrected chi connectivity index (χ1v) is 7.42. The van der Waals surface area contributed by atoms with E-state index in [1.165, 1.54) is 0 Å². The number of hydrogen-bond donors (Lipinski definition) is 2. The van der Waals surface area contributed by atoms with Crippen LogP contribution in [-0.2, 0) is 4.79 Å². The summed E-state index contributed by atoms with van der Waals surface area (Å²) in [6.07, 6.45) is 0.340. The fourth-order valence-electron chi connectivity index (χ4n) is 2.16. The van der Waals surface area contributed by atoms with Crippen molar-refractivity contribution in [2.75, 3.05) is 13.2 Å². The fraction of sp³-hybridized carbons (Fsp3) is 0.562. The summed E-state index contributed by atoms with van der Waals surface area (Å²) in [7, 11) is 0. The highest BCUT2D eigenvalue weighted by Gasteiger charge is 2.18. The predicted octanol–water partition coefficient (Wildman–Crippen LogP) is 2.01. The number of carbonyl (C=O) groups excluding carboxylic acids is 1. The molecule has 2 atom stereocenters. The fourth-order valence-corrected chi connectivity index (χ4v) is 2.16. The van der Waals surface area contributed by atoms with Gasteiger partial charge in [-0.05, 0) is 30.5 Å². The molecule has 0 spiro atoms. The SMILES string of the molecule is CC(NC(=O)CC(N)C(C)C)c1ccc2c(c1)OCCO2. The molecule has 0 bridgehead atoms. The number of benzene rings is 1. The van der Waals surface area contributed by atoms with Gasteiger partial charge in [0.1, 0.15) is 13.2 Å². The van der Waals surface area contributed by atoms with Gasteiger partial charge in [-0.3, -0.25) is 4.79 Å². The first kappa shape index (κ1) is 15.6. The summed E-state index contributed by atoms with van der Waals surface area (Å²) in [5, 5.41) is 2.97. The van der Waals surface area contributed by atoms with Crippen LogP contribution in [0.25, 0.3) is 0 Å². The second kappa shape index (κ2) is 6.80. The molecule has 2 rings (SSSR count). The molecule has 1 aromatic rings. The van der Waals surface area contributed by atoms with Crippen LogP contribution in [0, 0.1) is 5.92 Å². The van der Waals surface area contributed by atoms with Crippen LogP contribution in [0.1, 0.15) is 38.8 Å². The van der Waals surface area contributed by atoms with Gasteiger partial charge < -0.3 is 20.5 Å². The van der Waals surface area contributed by atoms with Gasteiger partial charge in [-0.2, -0.15) is 0 Å². The van der Waals surface area contributed by atoms with E-state index in [-0.39, 0.29) is 18.0 Å². The summed E-state index contributed by atoms with van der Waals surface area (Å²) >= 11 is 0. The largest absolute Gasteiger partial charge is 0.486 e. The van der Waals surface area contributed by atoms with Crippen molar-refractivity contribution in [1.82, 2.24) is 5.32 Å². The molecule has 1 heterocycles. The Hall–Kier alpha value is -1.75. The number of carbonyl (C=O) groups is 1. The van der Waals surface area contributed by atoms with Crippen molar-refractivity contribution in [3.63, 3.8) is 0 Å². The number of fused-ring (bicyclic) bond motifs is 1. The summed E-state index contributed by atoms with van der Waals surface area (Å²) < 4.78 is 11.0. The Morgan fingerprint density at radius 1 is 1.24 bits per heavy atom. The lowest BCUT2D eigenvalue weighted by molar-refractivity contribution is -0.122. The van der Waals surface area contributed by atoms with Gasteiger partial charge in [0, 0.05) is 12.5 Å². The van der Waals surface area contributed by atoms with Gasteiger partial charge >= 0.3 is 0 Å². The van der Waals surface area contributed by atoms with Crippen LogP contribution in [0.4, 0.5) is 0 Å². The molecule has 2 unspecified atom stereocenters. The zero-order valence-electron chi connectivity index (χ0n) is 12.9. The summed E-state index contributed by atoms with van der Waals surface area (Å²) in [5.74, 6) is 1.75. The monoisotopic (exact) mass is 292 g/mol. The van der Waals surface area contributed by atoms with E-state index in [0.29, 0.717) is 25.6 Å². The minimum atomic E-state index is -0.113. The molecule has 116 valence electrons. The highest BCUT2D eigenvalue weighted by molar-refractivity contribution is 5.77. The van der Waals surface area contributed by atoms with E-state index < -0.39 is 0 Å². The maximum absolute atomic E-state index is 12.0. The minimum Gasteiger partial charge on any atom is -0.486 e. The molecule has 5 heteroatoms. The Kier molecular flexibility index (Phi) is 5.07. The highest BCUT2D eigenvalue weighted by Crippen LogP contribution is 2.32. The van der Waals surface area contributed by atoms with Crippen LogP contribution in [-0.4, -0.2) is 25.2 Å². The van der Waals surface area contributed by atoms with Gasteiger partial charge in [-0.25, -0.2) is 0 Å². The molecule has 0 aromatic heterocycles. The van der Waals surface area contributed by atoms with Crippen molar-refractivity contribution in [2.24, 2.45) is 11.7 Å². The Bertz CT molecular complexity index is 502. The molecule has 0 aliphatic carbocycles. The lowest BCUT2D eigenvalue weighted by Crippen LogP contribution is -2.35. The zero-order valence-corrected chi connectivity index (χ0v) is 12.9. The summed E-state index contributed by atoms with van der Waals surface area (Å²) in [4.78, 5) is 12.0. The molecule has 5 nitrogen and oxygen atoms in total. The van der Waals surface area contributed by atoms with E-state index in [1.807, 2.05) is 39.0 Å². The van der Waals surface area contributed by atoms with E-state index in [2.05, 4.69) is 5.32 Å². The van der Waals surface area contributed by atoms with Crippen molar-refractivity contribution >= 4 is 5.91 Å². The Morgan fingerprint density at radius 3 is 2.57 bits per heavy atom. The van der Waals surface area contributed by atoms with E-state index in [0.717, 1.165) is 17.1 Å². The number of rotatable bonds is 5. The summed E-state index contributed by atoms with van der Waals surface area (Å²) in [5.41, 5.74) is 6.92. The van der Waals surface area contributed by atoms with Gasteiger partial charge in [0.15, 0.2) is 11.5 Å². The molecule has 0 saturated carbocycles. The molecule has 1 aliphatic heterocycles. The standard InChI is InChI=1S/C16H24N2O3/c1-10(2)13(17)9-16(19)18-11(3)12-4-5-14-15(8-12)21-7-6-20-14/h4-5,8,10-11,13H,6-7,9,17H2,1-3H3,(H,18,19). The van der Waals surface area contributed by atoms with Crippen molar-refractivity contribution in [2.45, 2.75) is 39.3 Å². The van der Waals surface area contributed by atoms with Crippen LogP contribution in [0.15, 0.2) is 18.2 Å². The van der Waals surface area contributed by atoms with Crippen LogP contribution in [0.3, 0.4) is 0 Å². The first-order chi connectivity index (χ1) is 9.97. The second-order valence-corrected chi connectivity index (χ2v) is 5.80. The lowest BCUT2D eigenvalue weighted by atomic mass is 10.0. The number of nitrogens with one attached hydrogen (secondary N) is 1. The molecular weight excluding hydrogens is 268 g/mol. The zero-order chi connectivity index (χ0) is 15.4. The average Bonchev–Trinajstić information content (AvgIpc) is 2.46. The van der Waals surface area contributed by atoms with Gasteiger partial charge in [0.05, 0.1) is 6.04 Å². The van der Waals surface area contributed by atoms with Crippen molar-refractivity contribution in [3.05, 3.63) is 23.8 Å². The van der Waals surface area contributed by atoms with E-state index in [9.17, 15) is 4.79 Å². The molecule has 1 aromatic carbocycles. The number of amides is 1. The maximum Gasteiger partial charge on any atom is 0.222 e. The second-order valence-electron chi connectivity index (χ2n) is 5.80. The Morgan fingerprint density at radius 2 is 1.90 bits per heavy atom. The van der Waals surface area contributed by atoms with Crippen LogP contribution in [0.5, 0.6) is 11.5 Å². The van der Waals surface area contributed by atoms with Gasteiger partial charge in [0.2, 0.25) is 5.91 Å². The molecule has 1 aliphatic rings. The van der Waals surface area contributed by atoms with Crippen molar-refractivity contribution < 1.29 is 14.3 Å². The normalized spacial score (nSPS) is 16.4. The smallest absolute Gasteiger partial charge is 0.222 e. The first-order valence-electron chi connectivity index (χ1n) is 7.42. The molecule has 21 heavy (non-hydrogen) atoms. The Labute approximate surface area is 125 Å². The number of hydrogen-bond acceptors (Lipinski definition) is 4. The van der Waals surface area contributed by atoms with Gasteiger partial charge in [-0.15, -0.1) is 0 Å². The summed E-state index contributed by atoms with van der Waals surface area (Å²) in [6.45, 7) is 7.11. The minimum absolute atomic E-state index is 0.0291. The molecule has 0 saturated heterocycles. The van der Waals surface area contributed by atoms with Crippen molar-refractivity contribution in [1.29, 1.82) is 0 Å². The maximum atomic E-state index is 12.0. The predicted molar refractivity (Wildman–Crippen MR) is 81.4 cm³/mol. The topological polar surface area (TPSA) is 73.6 Å². The Balaban J connectivity index is 1.97. The lowest BCUT2D eigenvalue weighted by Gasteiger charge is -2.22. The molecule has 0 fully saturated rings. The molecular formula is C16H24N2O3. The average molecular weight is 292 g/mol. The van der Waals surface area contributed by atoms with Gasteiger partial charge in [0.25, 0.3) is 0 Å². The quantitative estimate of drug-likeness (QED) is 0.870. The third kappa shape index (κ3) is 4.11.